The molecular weight excluding hydrogens is 316 g/mol. The molecule has 0 bridgehead atoms. The first-order valence-electron chi connectivity index (χ1n) is 8.31. The van der Waals surface area contributed by atoms with Gasteiger partial charge in [0.15, 0.2) is 0 Å². The quantitative estimate of drug-likeness (QED) is 0.814. The summed E-state index contributed by atoms with van der Waals surface area (Å²) in [5.41, 5.74) is 2.55. The van der Waals surface area contributed by atoms with Crippen molar-refractivity contribution in [1.29, 1.82) is 0 Å². The van der Waals surface area contributed by atoms with E-state index in [0.717, 1.165) is 16.9 Å². The molecule has 0 aliphatic carbocycles. The maximum atomic E-state index is 12.2. The number of ether oxygens (including phenoxy) is 1. The van der Waals surface area contributed by atoms with Crippen molar-refractivity contribution in [1.82, 2.24) is 10.6 Å². The number of carbonyl (C=O) groups is 2. The summed E-state index contributed by atoms with van der Waals surface area (Å²) in [6.45, 7) is 6.35. The van der Waals surface area contributed by atoms with Crippen molar-refractivity contribution in [2.24, 2.45) is 0 Å². The SMILES string of the molecule is CC(=O)NCc1ccc(C(=O)NCc2ccc(OC(C)C)cc2)cc1. The van der Waals surface area contributed by atoms with Gasteiger partial charge in [-0.3, -0.25) is 9.59 Å². The molecule has 0 aromatic heterocycles. The summed E-state index contributed by atoms with van der Waals surface area (Å²) < 4.78 is 5.60. The zero-order chi connectivity index (χ0) is 18.2. The van der Waals surface area contributed by atoms with Gasteiger partial charge in [0.2, 0.25) is 5.91 Å². The van der Waals surface area contributed by atoms with Crippen molar-refractivity contribution in [3.05, 3.63) is 65.2 Å². The topological polar surface area (TPSA) is 67.4 Å². The number of nitrogens with one attached hydrogen (secondary N) is 2. The second-order valence-corrected chi connectivity index (χ2v) is 6.10. The number of amides is 2. The zero-order valence-corrected chi connectivity index (χ0v) is 14.8. The molecule has 0 heterocycles. The van der Waals surface area contributed by atoms with Gasteiger partial charge < -0.3 is 15.4 Å². The van der Waals surface area contributed by atoms with Crippen LogP contribution in [0.1, 0.15) is 42.3 Å². The van der Waals surface area contributed by atoms with E-state index in [0.29, 0.717) is 18.7 Å². The highest BCUT2D eigenvalue weighted by atomic mass is 16.5. The van der Waals surface area contributed by atoms with Crippen molar-refractivity contribution in [3.8, 4) is 5.75 Å². The molecule has 0 fully saturated rings. The molecule has 0 aliphatic heterocycles. The highest BCUT2D eigenvalue weighted by Crippen LogP contribution is 2.14. The van der Waals surface area contributed by atoms with Gasteiger partial charge in [0.1, 0.15) is 5.75 Å². The van der Waals surface area contributed by atoms with E-state index < -0.39 is 0 Å². The highest BCUT2D eigenvalue weighted by Gasteiger charge is 2.06. The number of carbonyl (C=O) groups excluding carboxylic acids is 2. The van der Waals surface area contributed by atoms with Gasteiger partial charge in [0.05, 0.1) is 6.10 Å². The van der Waals surface area contributed by atoms with Crippen molar-refractivity contribution >= 4 is 11.8 Å². The van der Waals surface area contributed by atoms with Gasteiger partial charge >= 0.3 is 0 Å². The summed E-state index contributed by atoms with van der Waals surface area (Å²) in [6, 6.07) is 14.9. The van der Waals surface area contributed by atoms with E-state index in [9.17, 15) is 9.59 Å². The fraction of sp³-hybridized carbons (Fsp3) is 0.300. The monoisotopic (exact) mass is 340 g/mol. The zero-order valence-electron chi connectivity index (χ0n) is 14.8. The summed E-state index contributed by atoms with van der Waals surface area (Å²) in [5.74, 6) is 0.611. The van der Waals surface area contributed by atoms with Crippen LogP contribution in [0.3, 0.4) is 0 Å². The smallest absolute Gasteiger partial charge is 0.251 e. The third-order valence-electron chi connectivity index (χ3n) is 3.51. The fourth-order valence-corrected chi connectivity index (χ4v) is 2.24. The lowest BCUT2D eigenvalue weighted by Crippen LogP contribution is -2.23. The Morgan fingerprint density at radius 3 is 1.92 bits per heavy atom. The molecule has 0 saturated heterocycles. The summed E-state index contributed by atoms with van der Waals surface area (Å²) in [4.78, 5) is 23.1. The van der Waals surface area contributed by atoms with Gasteiger partial charge in [-0.05, 0) is 49.2 Å². The maximum Gasteiger partial charge on any atom is 0.251 e. The van der Waals surface area contributed by atoms with Crippen LogP contribution in [0, 0.1) is 0 Å². The average molecular weight is 340 g/mol. The minimum absolute atomic E-state index is 0.0772. The second-order valence-electron chi connectivity index (χ2n) is 6.10. The minimum Gasteiger partial charge on any atom is -0.491 e. The Kier molecular flexibility index (Phi) is 6.57. The van der Waals surface area contributed by atoms with E-state index in [2.05, 4.69) is 10.6 Å². The third-order valence-corrected chi connectivity index (χ3v) is 3.51. The standard InChI is InChI=1S/C20H24N2O3/c1-14(2)25-19-10-6-17(7-11-19)13-22-20(24)18-8-4-16(5-9-18)12-21-15(3)23/h4-11,14H,12-13H2,1-3H3,(H,21,23)(H,22,24). The molecule has 0 saturated carbocycles. The van der Waals surface area contributed by atoms with Crippen LogP contribution >= 0.6 is 0 Å². The molecule has 2 rings (SSSR count). The van der Waals surface area contributed by atoms with Crippen LogP contribution in [-0.2, 0) is 17.9 Å². The fourth-order valence-electron chi connectivity index (χ4n) is 2.24. The number of rotatable bonds is 7. The molecule has 2 aromatic carbocycles. The number of benzene rings is 2. The van der Waals surface area contributed by atoms with Crippen LogP contribution < -0.4 is 15.4 Å². The molecule has 2 N–H and O–H groups in total. The third kappa shape index (κ3) is 6.30. The van der Waals surface area contributed by atoms with Crippen molar-refractivity contribution in [2.45, 2.75) is 40.0 Å². The van der Waals surface area contributed by atoms with E-state index in [1.807, 2.05) is 50.2 Å². The van der Waals surface area contributed by atoms with Crippen molar-refractivity contribution in [2.75, 3.05) is 0 Å². The first-order valence-corrected chi connectivity index (χ1v) is 8.31. The largest absolute Gasteiger partial charge is 0.491 e. The Balaban J connectivity index is 1.86. The molecule has 5 nitrogen and oxygen atoms in total. The van der Waals surface area contributed by atoms with Gasteiger partial charge in [0.25, 0.3) is 5.91 Å². The van der Waals surface area contributed by atoms with Crippen LogP contribution in [0.25, 0.3) is 0 Å². The summed E-state index contributed by atoms with van der Waals surface area (Å²) in [7, 11) is 0. The van der Waals surface area contributed by atoms with Crippen LogP contribution in [0.4, 0.5) is 0 Å². The molecular formula is C20H24N2O3. The van der Waals surface area contributed by atoms with E-state index in [1.165, 1.54) is 6.92 Å². The summed E-state index contributed by atoms with van der Waals surface area (Å²) in [5, 5.41) is 5.62. The minimum atomic E-state index is -0.131. The van der Waals surface area contributed by atoms with Gasteiger partial charge in [-0.2, -0.15) is 0 Å². The van der Waals surface area contributed by atoms with Gasteiger partial charge in [-0.25, -0.2) is 0 Å². The highest BCUT2D eigenvalue weighted by molar-refractivity contribution is 5.94. The molecule has 25 heavy (non-hydrogen) atoms. The lowest BCUT2D eigenvalue weighted by atomic mass is 10.1. The normalized spacial score (nSPS) is 10.4. The van der Waals surface area contributed by atoms with Crippen LogP contribution in [0.2, 0.25) is 0 Å². The molecule has 0 radical (unpaired) electrons. The molecule has 0 spiro atoms. The Labute approximate surface area is 148 Å². The number of hydrogen-bond acceptors (Lipinski definition) is 3. The molecule has 132 valence electrons. The predicted octanol–water partition coefficient (Wildman–Crippen LogP) is 3.04. The average Bonchev–Trinajstić information content (AvgIpc) is 2.59. The van der Waals surface area contributed by atoms with Crippen molar-refractivity contribution < 1.29 is 14.3 Å². The van der Waals surface area contributed by atoms with E-state index in [4.69, 9.17) is 4.74 Å². The molecule has 0 aliphatic rings. The lowest BCUT2D eigenvalue weighted by molar-refractivity contribution is -0.119. The first-order chi connectivity index (χ1) is 11.9. The Morgan fingerprint density at radius 1 is 0.880 bits per heavy atom. The summed E-state index contributed by atoms with van der Waals surface area (Å²) in [6.07, 6.45) is 0.138. The van der Waals surface area contributed by atoms with Crippen molar-refractivity contribution in [3.63, 3.8) is 0 Å². The molecule has 0 atom stereocenters. The number of hydrogen-bond donors (Lipinski definition) is 2. The molecule has 0 unspecified atom stereocenters. The lowest BCUT2D eigenvalue weighted by Gasteiger charge is -2.10. The van der Waals surface area contributed by atoms with Gasteiger partial charge in [0, 0.05) is 25.6 Å². The summed E-state index contributed by atoms with van der Waals surface area (Å²) >= 11 is 0. The predicted molar refractivity (Wildman–Crippen MR) is 97.3 cm³/mol. The van der Waals surface area contributed by atoms with E-state index in [1.54, 1.807) is 12.1 Å². The molecule has 2 amide bonds. The maximum absolute atomic E-state index is 12.2. The van der Waals surface area contributed by atoms with Crippen LogP contribution in [0.5, 0.6) is 5.75 Å². The molecule has 5 heteroatoms. The van der Waals surface area contributed by atoms with E-state index >= 15 is 0 Å². The van der Waals surface area contributed by atoms with E-state index in [-0.39, 0.29) is 17.9 Å². The van der Waals surface area contributed by atoms with Gasteiger partial charge in [-0.1, -0.05) is 24.3 Å². The Bertz CT molecular complexity index is 707. The van der Waals surface area contributed by atoms with Crippen LogP contribution in [0.15, 0.2) is 48.5 Å². The first kappa shape index (κ1) is 18.5. The molecule has 2 aromatic rings. The Morgan fingerprint density at radius 2 is 1.40 bits per heavy atom. The Hall–Kier alpha value is -2.82. The van der Waals surface area contributed by atoms with Gasteiger partial charge in [-0.15, -0.1) is 0 Å². The second kappa shape index (κ2) is 8.87. The van der Waals surface area contributed by atoms with Crippen LogP contribution in [-0.4, -0.2) is 17.9 Å².